The molecule has 25 heavy (non-hydrogen) atoms. The fraction of sp³-hybridized carbons (Fsp3) is 0.526. The Labute approximate surface area is 148 Å². The molecule has 1 heterocycles. The minimum atomic E-state index is -0.887. The zero-order valence-electron chi connectivity index (χ0n) is 15.0. The number of carboxylic acids is 1. The van der Waals surface area contributed by atoms with E-state index in [4.69, 9.17) is 5.11 Å². The third-order valence-electron chi connectivity index (χ3n) is 4.71. The van der Waals surface area contributed by atoms with Crippen LogP contribution in [0.25, 0.3) is 0 Å². The van der Waals surface area contributed by atoms with Gasteiger partial charge in [0.15, 0.2) is 0 Å². The first-order valence-electron chi connectivity index (χ1n) is 8.53. The van der Waals surface area contributed by atoms with Crippen LogP contribution in [0.15, 0.2) is 24.3 Å². The molecule has 0 spiro atoms. The Morgan fingerprint density at radius 2 is 1.92 bits per heavy atom. The second-order valence-electron chi connectivity index (χ2n) is 7.39. The van der Waals surface area contributed by atoms with Gasteiger partial charge in [-0.2, -0.15) is 0 Å². The Bertz CT molecular complexity index is 652. The summed E-state index contributed by atoms with van der Waals surface area (Å²) < 4.78 is 0. The molecule has 0 aliphatic carbocycles. The van der Waals surface area contributed by atoms with Crippen LogP contribution in [0.4, 0.5) is 0 Å². The van der Waals surface area contributed by atoms with Gasteiger partial charge in [-0.3, -0.25) is 14.4 Å². The maximum atomic E-state index is 12.3. The van der Waals surface area contributed by atoms with E-state index in [2.05, 4.69) is 5.32 Å². The van der Waals surface area contributed by atoms with Crippen LogP contribution in [0.3, 0.4) is 0 Å². The third-order valence-corrected chi connectivity index (χ3v) is 4.71. The number of hydrogen-bond donors (Lipinski definition) is 2. The van der Waals surface area contributed by atoms with Gasteiger partial charge in [0.2, 0.25) is 11.8 Å². The number of aryl methyl sites for hydroxylation is 1. The van der Waals surface area contributed by atoms with Crippen molar-refractivity contribution in [2.45, 2.75) is 40.2 Å². The predicted octanol–water partition coefficient (Wildman–Crippen LogP) is 1.96. The number of benzene rings is 1. The van der Waals surface area contributed by atoms with Crippen molar-refractivity contribution in [3.63, 3.8) is 0 Å². The van der Waals surface area contributed by atoms with Gasteiger partial charge in [0, 0.05) is 26.1 Å². The van der Waals surface area contributed by atoms with Crippen LogP contribution in [0.1, 0.15) is 37.8 Å². The first kappa shape index (κ1) is 19.0. The van der Waals surface area contributed by atoms with E-state index in [1.54, 1.807) is 18.7 Å². The van der Waals surface area contributed by atoms with Crippen molar-refractivity contribution in [2.24, 2.45) is 11.3 Å². The molecule has 1 aliphatic rings. The maximum absolute atomic E-state index is 12.3. The summed E-state index contributed by atoms with van der Waals surface area (Å²) in [5.74, 6) is -1.46. The number of amides is 2. The van der Waals surface area contributed by atoms with Crippen molar-refractivity contribution in [2.75, 3.05) is 13.1 Å². The van der Waals surface area contributed by atoms with Gasteiger partial charge in [-0.05, 0) is 32.8 Å². The molecule has 2 amide bonds. The largest absolute Gasteiger partial charge is 0.481 e. The van der Waals surface area contributed by atoms with Crippen molar-refractivity contribution in [1.82, 2.24) is 10.2 Å². The van der Waals surface area contributed by atoms with Crippen LogP contribution in [-0.4, -0.2) is 40.9 Å². The summed E-state index contributed by atoms with van der Waals surface area (Å²) in [7, 11) is 0. The van der Waals surface area contributed by atoms with Crippen molar-refractivity contribution in [1.29, 1.82) is 0 Å². The molecule has 1 aromatic rings. The molecule has 136 valence electrons. The molecule has 6 heteroatoms. The summed E-state index contributed by atoms with van der Waals surface area (Å²) in [6.45, 7) is 6.47. The SMILES string of the molecule is Cc1ccc(CN2CC(C(=O)NCCC(C)(C)C(=O)O)CC2=O)cc1. The molecular formula is C19H26N2O4. The van der Waals surface area contributed by atoms with E-state index in [0.717, 1.165) is 11.1 Å². The lowest BCUT2D eigenvalue weighted by molar-refractivity contribution is -0.147. The lowest BCUT2D eigenvalue weighted by Gasteiger charge is -2.20. The maximum Gasteiger partial charge on any atom is 0.309 e. The van der Waals surface area contributed by atoms with Crippen molar-refractivity contribution in [3.8, 4) is 0 Å². The number of rotatable bonds is 7. The lowest BCUT2D eigenvalue weighted by atomic mass is 9.89. The highest BCUT2D eigenvalue weighted by molar-refractivity contribution is 5.89. The Balaban J connectivity index is 1.83. The monoisotopic (exact) mass is 346 g/mol. The van der Waals surface area contributed by atoms with Crippen molar-refractivity contribution >= 4 is 17.8 Å². The number of carbonyl (C=O) groups excluding carboxylic acids is 2. The Morgan fingerprint density at radius 3 is 2.52 bits per heavy atom. The molecule has 1 saturated heterocycles. The molecule has 1 unspecified atom stereocenters. The molecule has 0 aromatic heterocycles. The van der Waals surface area contributed by atoms with Gasteiger partial charge in [-0.25, -0.2) is 0 Å². The second kappa shape index (κ2) is 7.68. The van der Waals surface area contributed by atoms with Gasteiger partial charge in [-0.1, -0.05) is 29.8 Å². The number of likely N-dealkylation sites (tertiary alicyclic amines) is 1. The molecule has 1 atom stereocenters. The number of carboxylic acid groups (broad SMARTS) is 1. The number of nitrogens with one attached hydrogen (secondary N) is 1. The fourth-order valence-corrected chi connectivity index (χ4v) is 2.76. The number of carbonyl (C=O) groups is 3. The topological polar surface area (TPSA) is 86.7 Å². The second-order valence-corrected chi connectivity index (χ2v) is 7.39. The van der Waals surface area contributed by atoms with Crippen LogP contribution >= 0.6 is 0 Å². The van der Waals surface area contributed by atoms with Gasteiger partial charge in [0.05, 0.1) is 11.3 Å². The molecule has 0 bridgehead atoms. The number of nitrogens with zero attached hydrogens (tertiary/aromatic N) is 1. The Hall–Kier alpha value is -2.37. The first-order chi connectivity index (χ1) is 11.7. The summed E-state index contributed by atoms with van der Waals surface area (Å²) in [6.07, 6.45) is 0.557. The number of hydrogen-bond acceptors (Lipinski definition) is 3. The summed E-state index contributed by atoms with van der Waals surface area (Å²) >= 11 is 0. The lowest BCUT2D eigenvalue weighted by Crippen LogP contribution is -2.36. The molecule has 0 saturated carbocycles. The predicted molar refractivity (Wildman–Crippen MR) is 93.7 cm³/mol. The molecule has 1 aliphatic heterocycles. The smallest absolute Gasteiger partial charge is 0.309 e. The van der Waals surface area contributed by atoms with E-state index in [0.29, 0.717) is 26.1 Å². The molecule has 6 nitrogen and oxygen atoms in total. The van der Waals surface area contributed by atoms with Gasteiger partial charge < -0.3 is 15.3 Å². The molecule has 0 radical (unpaired) electrons. The summed E-state index contributed by atoms with van der Waals surface area (Å²) in [6, 6.07) is 7.99. The zero-order chi connectivity index (χ0) is 18.6. The zero-order valence-corrected chi connectivity index (χ0v) is 15.0. The molecule has 2 N–H and O–H groups in total. The van der Waals surface area contributed by atoms with Crippen LogP contribution in [0.5, 0.6) is 0 Å². The quantitative estimate of drug-likeness (QED) is 0.790. The fourth-order valence-electron chi connectivity index (χ4n) is 2.76. The highest BCUT2D eigenvalue weighted by Crippen LogP contribution is 2.22. The van der Waals surface area contributed by atoms with Crippen LogP contribution < -0.4 is 5.32 Å². The van der Waals surface area contributed by atoms with E-state index < -0.39 is 11.4 Å². The van der Waals surface area contributed by atoms with Crippen LogP contribution in [0.2, 0.25) is 0 Å². The molecular weight excluding hydrogens is 320 g/mol. The molecule has 1 fully saturated rings. The molecule has 2 rings (SSSR count). The van der Waals surface area contributed by atoms with E-state index in [-0.39, 0.29) is 24.2 Å². The Morgan fingerprint density at radius 1 is 1.28 bits per heavy atom. The van der Waals surface area contributed by atoms with E-state index >= 15 is 0 Å². The van der Waals surface area contributed by atoms with E-state index in [1.807, 2.05) is 31.2 Å². The summed E-state index contributed by atoms with van der Waals surface area (Å²) in [4.78, 5) is 37.2. The normalized spacial score (nSPS) is 17.6. The van der Waals surface area contributed by atoms with E-state index in [9.17, 15) is 14.4 Å². The number of aliphatic carboxylic acids is 1. The van der Waals surface area contributed by atoms with Gasteiger partial charge in [0.1, 0.15) is 0 Å². The highest BCUT2D eigenvalue weighted by atomic mass is 16.4. The highest BCUT2D eigenvalue weighted by Gasteiger charge is 2.34. The minimum absolute atomic E-state index is 0.0217. The van der Waals surface area contributed by atoms with E-state index in [1.165, 1.54) is 0 Å². The van der Waals surface area contributed by atoms with Gasteiger partial charge in [0.25, 0.3) is 0 Å². The van der Waals surface area contributed by atoms with Crippen molar-refractivity contribution < 1.29 is 19.5 Å². The average molecular weight is 346 g/mol. The minimum Gasteiger partial charge on any atom is -0.481 e. The van der Waals surface area contributed by atoms with Gasteiger partial charge in [-0.15, -0.1) is 0 Å². The Kier molecular flexibility index (Phi) is 5.82. The van der Waals surface area contributed by atoms with Crippen LogP contribution in [-0.2, 0) is 20.9 Å². The van der Waals surface area contributed by atoms with Crippen LogP contribution in [0, 0.1) is 18.3 Å². The summed E-state index contributed by atoms with van der Waals surface area (Å²) in [5.41, 5.74) is 1.33. The standard InChI is InChI=1S/C19H26N2O4/c1-13-4-6-14(7-5-13)11-21-12-15(10-16(21)22)17(23)20-9-8-19(2,3)18(24)25/h4-7,15H,8-12H2,1-3H3,(H,20,23)(H,24,25). The molecule has 1 aromatic carbocycles. The summed E-state index contributed by atoms with van der Waals surface area (Å²) in [5, 5.41) is 11.8. The average Bonchev–Trinajstić information content (AvgIpc) is 2.90. The van der Waals surface area contributed by atoms with Gasteiger partial charge >= 0.3 is 5.97 Å². The third kappa shape index (κ3) is 5.05. The first-order valence-corrected chi connectivity index (χ1v) is 8.53. The van der Waals surface area contributed by atoms with Crippen molar-refractivity contribution in [3.05, 3.63) is 35.4 Å².